The highest BCUT2D eigenvalue weighted by Gasteiger charge is 2.23. The van der Waals surface area contributed by atoms with Gasteiger partial charge in [0, 0.05) is 50.7 Å². The largest absolute Gasteiger partial charge is 0.355 e. The summed E-state index contributed by atoms with van der Waals surface area (Å²) in [5.41, 5.74) is 1.53. The molecule has 5 heteroatoms. The molecule has 2 aliphatic rings. The van der Waals surface area contributed by atoms with Crippen LogP contribution in [0.4, 0.5) is 0 Å². The summed E-state index contributed by atoms with van der Waals surface area (Å²) in [6.07, 6.45) is 3.77. The van der Waals surface area contributed by atoms with Gasteiger partial charge in [-0.3, -0.25) is 9.89 Å². The van der Waals surface area contributed by atoms with Crippen molar-refractivity contribution in [2.24, 2.45) is 10.9 Å². The van der Waals surface area contributed by atoms with E-state index in [0.717, 1.165) is 38.1 Å². The van der Waals surface area contributed by atoms with Gasteiger partial charge in [-0.2, -0.15) is 0 Å². The summed E-state index contributed by atoms with van der Waals surface area (Å²) >= 11 is 1.91. The molecule has 3 heterocycles. The van der Waals surface area contributed by atoms with Crippen LogP contribution in [0, 0.1) is 5.92 Å². The SMILES string of the molecule is CN=C(NCC(C)N1CCc2sccc2C1)N1CCC(C)CC1. The summed E-state index contributed by atoms with van der Waals surface area (Å²) in [6.45, 7) is 10.2. The Morgan fingerprint density at radius 1 is 1.39 bits per heavy atom. The molecule has 1 aromatic rings. The van der Waals surface area contributed by atoms with Gasteiger partial charge < -0.3 is 10.2 Å². The topological polar surface area (TPSA) is 30.9 Å². The van der Waals surface area contributed by atoms with Crippen LogP contribution in [-0.4, -0.2) is 55.0 Å². The van der Waals surface area contributed by atoms with E-state index in [2.05, 4.69) is 45.4 Å². The minimum Gasteiger partial charge on any atom is -0.355 e. The van der Waals surface area contributed by atoms with Crippen molar-refractivity contribution < 1.29 is 0 Å². The fourth-order valence-electron chi connectivity index (χ4n) is 3.57. The van der Waals surface area contributed by atoms with Gasteiger partial charge in [-0.05, 0) is 49.1 Å². The fraction of sp³-hybridized carbons (Fsp3) is 0.722. The van der Waals surface area contributed by atoms with Crippen LogP contribution < -0.4 is 5.32 Å². The van der Waals surface area contributed by atoms with Crippen LogP contribution in [0.1, 0.15) is 37.1 Å². The molecule has 0 aliphatic carbocycles. The van der Waals surface area contributed by atoms with Crippen molar-refractivity contribution in [1.29, 1.82) is 0 Å². The van der Waals surface area contributed by atoms with E-state index >= 15 is 0 Å². The molecule has 1 atom stereocenters. The maximum atomic E-state index is 4.50. The Morgan fingerprint density at radius 3 is 2.91 bits per heavy atom. The summed E-state index contributed by atoms with van der Waals surface area (Å²) in [5.74, 6) is 1.94. The monoisotopic (exact) mass is 334 g/mol. The molecule has 128 valence electrons. The number of rotatable bonds is 3. The number of hydrogen-bond acceptors (Lipinski definition) is 3. The maximum Gasteiger partial charge on any atom is 0.193 e. The van der Waals surface area contributed by atoms with Crippen molar-refractivity contribution in [3.05, 3.63) is 21.9 Å². The van der Waals surface area contributed by atoms with Crippen LogP contribution in [0.5, 0.6) is 0 Å². The molecule has 0 aromatic carbocycles. The number of hydrogen-bond donors (Lipinski definition) is 1. The number of piperidine rings is 1. The predicted octanol–water partition coefficient (Wildman–Crippen LogP) is 2.80. The third kappa shape index (κ3) is 4.07. The summed E-state index contributed by atoms with van der Waals surface area (Å²) in [4.78, 5) is 11.1. The fourth-order valence-corrected chi connectivity index (χ4v) is 4.46. The number of aliphatic imine (C=N–C) groups is 1. The van der Waals surface area contributed by atoms with E-state index in [9.17, 15) is 0 Å². The van der Waals surface area contributed by atoms with E-state index in [1.807, 2.05) is 18.4 Å². The molecule has 0 saturated carbocycles. The third-order valence-corrected chi connectivity index (χ3v) is 6.33. The average molecular weight is 335 g/mol. The van der Waals surface area contributed by atoms with Gasteiger partial charge in [0.15, 0.2) is 5.96 Å². The first-order chi connectivity index (χ1) is 11.2. The van der Waals surface area contributed by atoms with Crippen LogP contribution in [0.2, 0.25) is 0 Å². The van der Waals surface area contributed by atoms with Crippen molar-refractivity contribution >= 4 is 17.3 Å². The van der Waals surface area contributed by atoms with Gasteiger partial charge >= 0.3 is 0 Å². The third-order valence-electron chi connectivity index (χ3n) is 5.31. The van der Waals surface area contributed by atoms with Gasteiger partial charge in [-0.15, -0.1) is 11.3 Å². The van der Waals surface area contributed by atoms with E-state index in [1.165, 1.54) is 31.4 Å². The standard InChI is InChI=1S/C18H30N4S/c1-14-4-8-21(9-5-14)18(19-3)20-12-15(2)22-10-6-17-16(13-22)7-11-23-17/h7,11,14-15H,4-6,8-10,12-13H2,1-3H3,(H,19,20). The van der Waals surface area contributed by atoms with E-state index < -0.39 is 0 Å². The number of guanidine groups is 1. The molecule has 0 bridgehead atoms. The molecule has 4 nitrogen and oxygen atoms in total. The molecule has 3 rings (SSSR count). The maximum absolute atomic E-state index is 4.50. The van der Waals surface area contributed by atoms with Gasteiger partial charge in [0.05, 0.1) is 0 Å². The van der Waals surface area contributed by atoms with Gasteiger partial charge in [0.1, 0.15) is 0 Å². The molecule has 2 aliphatic heterocycles. The van der Waals surface area contributed by atoms with E-state index in [4.69, 9.17) is 0 Å². The van der Waals surface area contributed by atoms with Crippen molar-refractivity contribution in [3.8, 4) is 0 Å². The molecule has 1 fully saturated rings. The minimum atomic E-state index is 0.531. The Kier molecular flexibility index (Phi) is 5.59. The number of nitrogens with one attached hydrogen (secondary N) is 1. The van der Waals surface area contributed by atoms with Gasteiger partial charge in [-0.1, -0.05) is 6.92 Å². The van der Waals surface area contributed by atoms with Crippen LogP contribution in [0.3, 0.4) is 0 Å². The lowest BCUT2D eigenvalue weighted by Crippen LogP contribution is -2.50. The first kappa shape index (κ1) is 16.8. The number of thiophene rings is 1. The molecule has 1 saturated heterocycles. The Labute approximate surface area is 144 Å². The van der Waals surface area contributed by atoms with E-state index in [1.54, 1.807) is 4.88 Å². The van der Waals surface area contributed by atoms with Crippen LogP contribution in [-0.2, 0) is 13.0 Å². The van der Waals surface area contributed by atoms with E-state index in [0.29, 0.717) is 6.04 Å². The molecule has 1 aromatic heterocycles. The van der Waals surface area contributed by atoms with Gasteiger partial charge in [0.25, 0.3) is 0 Å². The Hall–Kier alpha value is -1.07. The number of likely N-dealkylation sites (tertiary alicyclic amines) is 1. The minimum absolute atomic E-state index is 0.531. The van der Waals surface area contributed by atoms with Crippen molar-refractivity contribution in [1.82, 2.24) is 15.1 Å². The number of nitrogens with zero attached hydrogens (tertiary/aromatic N) is 3. The van der Waals surface area contributed by atoms with Crippen LogP contribution >= 0.6 is 11.3 Å². The molecule has 0 spiro atoms. The van der Waals surface area contributed by atoms with Crippen molar-refractivity contribution in [2.45, 2.75) is 45.7 Å². The lowest BCUT2D eigenvalue weighted by molar-refractivity contribution is 0.190. The molecule has 1 N–H and O–H groups in total. The number of fused-ring (bicyclic) bond motifs is 1. The normalized spacial score (nSPS) is 22.0. The van der Waals surface area contributed by atoms with Crippen LogP contribution in [0.15, 0.2) is 16.4 Å². The van der Waals surface area contributed by atoms with Crippen molar-refractivity contribution in [2.75, 3.05) is 33.2 Å². The zero-order valence-corrected chi connectivity index (χ0v) is 15.5. The summed E-state index contributed by atoms with van der Waals surface area (Å²) < 4.78 is 0. The Balaban J connectivity index is 1.49. The quantitative estimate of drug-likeness (QED) is 0.681. The zero-order chi connectivity index (χ0) is 16.2. The molecular weight excluding hydrogens is 304 g/mol. The smallest absolute Gasteiger partial charge is 0.193 e. The first-order valence-corrected chi connectivity index (χ1v) is 9.80. The molecular formula is C18H30N4S. The second-order valence-electron chi connectivity index (χ2n) is 7.04. The lowest BCUT2D eigenvalue weighted by Gasteiger charge is -2.35. The molecule has 23 heavy (non-hydrogen) atoms. The highest BCUT2D eigenvalue weighted by Crippen LogP contribution is 2.25. The van der Waals surface area contributed by atoms with Crippen molar-refractivity contribution in [3.63, 3.8) is 0 Å². The highest BCUT2D eigenvalue weighted by atomic mass is 32.1. The zero-order valence-electron chi connectivity index (χ0n) is 14.7. The Morgan fingerprint density at radius 2 is 2.17 bits per heavy atom. The summed E-state index contributed by atoms with van der Waals surface area (Å²) in [7, 11) is 1.91. The lowest BCUT2D eigenvalue weighted by atomic mass is 9.99. The van der Waals surface area contributed by atoms with Gasteiger partial charge in [0.2, 0.25) is 0 Å². The summed E-state index contributed by atoms with van der Waals surface area (Å²) in [5, 5.41) is 5.84. The van der Waals surface area contributed by atoms with E-state index in [-0.39, 0.29) is 0 Å². The van der Waals surface area contributed by atoms with Crippen LogP contribution in [0.25, 0.3) is 0 Å². The first-order valence-electron chi connectivity index (χ1n) is 8.92. The highest BCUT2D eigenvalue weighted by molar-refractivity contribution is 7.10. The average Bonchev–Trinajstić information content (AvgIpc) is 3.04. The predicted molar refractivity (Wildman–Crippen MR) is 99.2 cm³/mol. The summed E-state index contributed by atoms with van der Waals surface area (Å²) in [6, 6.07) is 2.82. The molecule has 0 amide bonds. The molecule has 0 radical (unpaired) electrons. The van der Waals surface area contributed by atoms with Gasteiger partial charge in [-0.25, -0.2) is 0 Å². The Bertz CT molecular complexity index is 531. The second-order valence-corrected chi connectivity index (χ2v) is 8.04. The molecule has 1 unspecified atom stereocenters. The second kappa shape index (κ2) is 7.67.